The summed E-state index contributed by atoms with van der Waals surface area (Å²) in [6.07, 6.45) is 27.4. The fourth-order valence-electron chi connectivity index (χ4n) is 5.52. The van der Waals surface area contributed by atoms with Crippen molar-refractivity contribution in [2.75, 3.05) is 6.61 Å². The summed E-state index contributed by atoms with van der Waals surface area (Å²) in [5.41, 5.74) is 2.17. The van der Waals surface area contributed by atoms with Gasteiger partial charge in [0, 0.05) is 18.0 Å². The molecule has 1 aromatic heterocycles. The van der Waals surface area contributed by atoms with Crippen LogP contribution >= 0.6 is 0 Å². The molecule has 1 fully saturated rings. The number of rotatable bonds is 20. The maximum Gasteiger partial charge on any atom is 0.159 e. The summed E-state index contributed by atoms with van der Waals surface area (Å²) in [5.74, 6) is 2.48. The van der Waals surface area contributed by atoms with E-state index in [0.29, 0.717) is 12.2 Å². The Balaban J connectivity index is 1.23. The van der Waals surface area contributed by atoms with Crippen molar-refractivity contribution < 1.29 is 9.13 Å². The van der Waals surface area contributed by atoms with Crippen LogP contribution in [0.2, 0.25) is 0 Å². The Bertz CT molecular complexity index is 817. The molecular formula is C33H51FN2O. The van der Waals surface area contributed by atoms with Crippen LogP contribution in [-0.4, -0.2) is 22.7 Å². The molecule has 0 N–H and O–H groups in total. The van der Waals surface area contributed by atoms with Crippen LogP contribution in [0.25, 0.3) is 11.4 Å². The van der Waals surface area contributed by atoms with Gasteiger partial charge in [-0.25, -0.2) is 14.4 Å². The average Bonchev–Trinajstić information content (AvgIpc) is 3.45. The summed E-state index contributed by atoms with van der Waals surface area (Å²) in [6.45, 7) is 2.29. The van der Waals surface area contributed by atoms with Crippen LogP contribution in [0.1, 0.15) is 128 Å². The van der Waals surface area contributed by atoms with Crippen molar-refractivity contribution in [2.45, 2.75) is 135 Å². The summed E-state index contributed by atoms with van der Waals surface area (Å²) in [6, 6.07) is 7.67. The van der Waals surface area contributed by atoms with Gasteiger partial charge in [-0.3, -0.25) is 0 Å². The van der Waals surface area contributed by atoms with Gasteiger partial charge in [-0.05, 0) is 55.0 Å². The summed E-state index contributed by atoms with van der Waals surface area (Å²) in [7, 11) is 0. The van der Waals surface area contributed by atoms with E-state index in [1.165, 1.54) is 102 Å². The van der Waals surface area contributed by atoms with Gasteiger partial charge in [0.2, 0.25) is 0 Å². The molecule has 0 saturated heterocycles. The minimum atomic E-state index is -0.900. The first-order valence-electron chi connectivity index (χ1n) is 15.4. The molecule has 37 heavy (non-hydrogen) atoms. The number of hydrogen-bond donors (Lipinski definition) is 0. The smallest absolute Gasteiger partial charge is 0.159 e. The SMILES string of the molecule is CCCCCC[C@@H](F)COc1ccc(-c2ncc(CCCCCCCCCCC3CCCC3)cn2)cc1. The van der Waals surface area contributed by atoms with Crippen LogP contribution in [0, 0.1) is 5.92 Å². The Morgan fingerprint density at radius 3 is 2.11 bits per heavy atom. The summed E-state index contributed by atoms with van der Waals surface area (Å²) in [5, 5.41) is 0. The maximum atomic E-state index is 14.0. The van der Waals surface area contributed by atoms with Gasteiger partial charge in [0.15, 0.2) is 5.82 Å². The molecule has 1 aliphatic rings. The minimum Gasteiger partial charge on any atom is -0.491 e. The van der Waals surface area contributed by atoms with E-state index < -0.39 is 6.17 Å². The van der Waals surface area contributed by atoms with Crippen LogP contribution in [0.3, 0.4) is 0 Å². The summed E-state index contributed by atoms with van der Waals surface area (Å²) in [4.78, 5) is 9.15. The number of benzene rings is 1. The van der Waals surface area contributed by atoms with Gasteiger partial charge in [-0.1, -0.05) is 110 Å². The zero-order valence-corrected chi connectivity index (χ0v) is 23.4. The highest BCUT2D eigenvalue weighted by molar-refractivity contribution is 5.55. The van der Waals surface area contributed by atoms with Crippen molar-refractivity contribution >= 4 is 0 Å². The molecule has 0 spiro atoms. The van der Waals surface area contributed by atoms with Crippen LogP contribution in [-0.2, 0) is 6.42 Å². The van der Waals surface area contributed by atoms with Crippen LogP contribution < -0.4 is 4.74 Å². The van der Waals surface area contributed by atoms with E-state index in [-0.39, 0.29) is 6.61 Å². The topological polar surface area (TPSA) is 35.0 Å². The standard InChI is InChI=1S/C33H51FN2O/c1-2-3-4-13-20-31(34)27-37-32-23-21-30(22-24-32)33-35-25-29(26-36-33)19-12-10-8-6-5-7-9-11-16-28-17-14-15-18-28/h21-26,28,31H,2-20,27H2,1H3/t31-/m1/s1. The van der Waals surface area contributed by atoms with Crippen molar-refractivity contribution in [3.63, 3.8) is 0 Å². The van der Waals surface area contributed by atoms with E-state index in [4.69, 9.17) is 4.74 Å². The first kappa shape index (κ1) is 29.6. The molecule has 1 heterocycles. The Hall–Kier alpha value is -1.97. The van der Waals surface area contributed by atoms with Gasteiger partial charge in [-0.2, -0.15) is 0 Å². The lowest BCUT2D eigenvalue weighted by Gasteiger charge is -2.11. The molecule has 2 aromatic rings. The summed E-state index contributed by atoms with van der Waals surface area (Å²) >= 11 is 0. The number of ether oxygens (including phenoxy) is 1. The molecule has 0 bridgehead atoms. The van der Waals surface area contributed by atoms with Gasteiger partial charge >= 0.3 is 0 Å². The van der Waals surface area contributed by atoms with Crippen LogP contribution in [0.15, 0.2) is 36.7 Å². The molecule has 3 rings (SSSR count). The minimum absolute atomic E-state index is 0.122. The highest BCUT2D eigenvalue weighted by atomic mass is 19.1. The molecule has 3 nitrogen and oxygen atoms in total. The first-order valence-corrected chi connectivity index (χ1v) is 15.4. The predicted octanol–water partition coefficient (Wildman–Crippen LogP) is 10.1. The number of nitrogens with zero attached hydrogens (tertiary/aromatic N) is 2. The number of aryl methyl sites for hydroxylation is 1. The second-order valence-electron chi connectivity index (χ2n) is 11.2. The van der Waals surface area contributed by atoms with Gasteiger partial charge in [0.1, 0.15) is 18.5 Å². The molecule has 4 heteroatoms. The van der Waals surface area contributed by atoms with E-state index >= 15 is 0 Å². The molecule has 1 aliphatic carbocycles. The number of halogens is 1. The number of unbranched alkanes of at least 4 members (excludes halogenated alkanes) is 10. The molecule has 206 valence electrons. The molecule has 0 amide bonds. The molecule has 1 atom stereocenters. The average molecular weight is 511 g/mol. The van der Waals surface area contributed by atoms with Crippen LogP contribution in [0.4, 0.5) is 4.39 Å². The van der Waals surface area contributed by atoms with E-state index in [1.807, 2.05) is 36.7 Å². The lowest BCUT2D eigenvalue weighted by Crippen LogP contribution is -2.12. The van der Waals surface area contributed by atoms with Gasteiger partial charge in [-0.15, -0.1) is 0 Å². The number of hydrogen-bond acceptors (Lipinski definition) is 3. The molecule has 1 aromatic carbocycles. The fourth-order valence-corrected chi connectivity index (χ4v) is 5.52. The van der Waals surface area contributed by atoms with Gasteiger partial charge in [0.25, 0.3) is 0 Å². The van der Waals surface area contributed by atoms with E-state index in [2.05, 4.69) is 16.9 Å². The number of alkyl halides is 1. The van der Waals surface area contributed by atoms with Crippen molar-refractivity contribution in [3.05, 3.63) is 42.2 Å². The Morgan fingerprint density at radius 1 is 0.811 bits per heavy atom. The molecule has 0 aliphatic heterocycles. The van der Waals surface area contributed by atoms with Crippen molar-refractivity contribution in [2.24, 2.45) is 5.92 Å². The largest absolute Gasteiger partial charge is 0.491 e. The molecule has 0 unspecified atom stereocenters. The van der Waals surface area contributed by atoms with E-state index in [9.17, 15) is 4.39 Å². The fraction of sp³-hybridized carbons (Fsp3) is 0.697. The third-order valence-corrected chi connectivity index (χ3v) is 7.92. The second-order valence-corrected chi connectivity index (χ2v) is 11.2. The van der Waals surface area contributed by atoms with Crippen molar-refractivity contribution in [1.29, 1.82) is 0 Å². The Kier molecular flexibility index (Phi) is 14.6. The Labute approximate surface area is 226 Å². The van der Waals surface area contributed by atoms with Crippen molar-refractivity contribution in [3.8, 4) is 17.1 Å². The van der Waals surface area contributed by atoms with E-state index in [0.717, 1.165) is 36.6 Å². The van der Waals surface area contributed by atoms with Crippen molar-refractivity contribution in [1.82, 2.24) is 9.97 Å². The third kappa shape index (κ3) is 12.4. The quantitative estimate of drug-likeness (QED) is 0.166. The monoisotopic (exact) mass is 510 g/mol. The Morgan fingerprint density at radius 2 is 1.43 bits per heavy atom. The van der Waals surface area contributed by atoms with Gasteiger partial charge in [0.05, 0.1) is 0 Å². The van der Waals surface area contributed by atoms with Crippen LogP contribution in [0.5, 0.6) is 5.75 Å². The lowest BCUT2D eigenvalue weighted by atomic mass is 9.99. The summed E-state index contributed by atoms with van der Waals surface area (Å²) < 4.78 is 19.6. The predicted molar refractivity (Wildman–Crippen MR) is 154 cm³/mol. The lowest BCUT2D eigenvalue weighted by molar-refractivity contribution is 0.184. The molecule has 0 radical (unpaired) electrons. The van der Waals surface area contributed by atoms with Gasteiger partial charge < -0.3 is 4.74 Å². The molecular weight excluding hydrogens is 459 g/mol. The molecule has 1 saturated carbocycles. The third-order valence-electron chi connectivity index (χ3n) is 7.92. The normalized spacial score (nSPS) is 14.8. The second kappa shape index (κ2) is 18.3. The number of aromatic nitrogens is 2. The highest BCUT2D eigenvalue weighted by Gasteiger charge is 2.13. The highest BCUT2D eigenvalue weighted by Crippen LogP contribution is 2.29. The first-order chi connectivity index (χ1) is 18.2. The van der Waals surface area contributed by atoms with E-state index in [1.54, 1.807) is 0 Å². The zero-order valence-electron chi connectivity index (χ0n) is 23.4. The zero-order chi connectivity index (χ0) is 26.0. The maximum absolute atomic E-state index is 14.0.